The van der Waals surface area contributed by atoms with Crippen LogP contribution in [0.25, 0.3) is 16.9 Å². The molecule has 0 radical (unpaired) electrons. The van der Waals surface area contributed by atoms with Gasteiger partial charge in [0.25, 0.3) is 0 Å². The van der Waals surface area contributed by atoms with Gasteiger partial charge in [-0.05, 0) is 68.6 Å². The molecule has 4 aromatic rings. The fourth-order valence-electron chi connectivity index (χ4n) is 4.74. The van der Waals surface area contributed by atoms with Crippen LogP contribution in [0.1, 0.15) is 36.2 Å². The van der Waals surface area contributed by atoms with Crippen molar-refractivity contribution in [1.29, 1.82) is 0 Å². The van der Waals surface area contributed by atoms with Crippen LogP contribution in [0.4, 0.5) is 0 Å². The average Bonchev–Trinajstić information content (AvgIpc) is 3.65. The molecule has 5 rings (SSSR count). The minimum absolute atomic E-state index is 0.0876. The van der Waals surface area contributed by atoms with E-state index in [9.17, 15) is 4.79 Å². The highest BCUT2D eigenvalue weighted by Crippen LogP contribution is 2.20. The first-order chi connectivity index (χ1) is 17.7. The summed E-state index contributed by atoms with van der Waals surface area (Å²) >= 11 is 0. The topological polar surface area (TPSA) is 101 Å². The van der Waals surface area contributed by atoms with Crippen molar-refractivity contribution < 1.29 is 9.90 Å². The number of fused-ring (bicyclic) bond motifs is 1. The number of aryl methyl sites for hydroxylation is 1. The molecule has 9 heteroatoms. The van der Waals surface area contributed by atoms with Gasteiger partial charge >= 0.3 is 0 Å². The van der Waals surface area contributed by atoms with Crippen molar-refractivity contribution in [2.24, 2.45) is 0 Å². The third-order valence-corrected chi connectivity index (χ3v) is 6.60. The number of aromatic nitrogens is 5. The van der Waals surface area contributed by atoms with E-state index >= 15 is 0 Å². The molecular weight excluding hydrogens is 454 g/mol. The van der Waals surface area contributed by atoms with E-state index in [-0.39, 0.29) is 25.6 Å². The maximum absolute atomic E-state index is 11.9. The van der Waals surface area contributed by atoms with Gasteiger partial charge in [0.15, 0.2) is 11.5 Å². The van der Waals surface area contributed by atoms with Crippen LogP contribution in [0.3, 0.4) is 0 Å². The second-order valence-electron chi connectivity index (χ2n) is 9.35. The molecule has 1 aliphatic heterocycles. The van der Waals surface area contributed by atoms with Gasteiger partial charge in [0.1, 0.15) is 6.54 Å². The van der Waals surface area contributed by atoms with Crippen LogP contribution < -0.4 is 5.32 Å². The van der Waals surface area contributed by atoms with E-state index < -0.39 is 0 Å². The van der Waals surface area contributed by atoms with Gasteiger partial charge < -0.3 is 15.3 Å². The SMILES string of the molecule is O=C(Cn1cc(-c2cccc3nc(Cc4ccc(CCCN5CCCC5)cc4)nn23)cn1)NCCO. The predicted octanol–water partition coefficient (Wildman–Crippen LogP) is 2.32. The third-order valence-electron chi connectivity index (χ3n) is 6.60. The summed E-state index contributed by atoms with van der Waals surface area (Å²) in [5, 5.41) is 20.6. The van der Waals surface area contributed by atoms with E-state index in [0.29, 0.717) is 6.42 Å². The van der Waals surface area contributed by atoms with Gasteiger partial charge in [-0.25, -0.2) is 9.50 Å². The van der Waals surface area contributed by atoms with Crippen molar-refractivity contribution >= 4 is 11.6 Å². The zero-order chi connectivity index (χ0) is 24.7. The van der Waals surface area contributed by atoms with E-state index in [4.69, 9.17) is 15.2 Å². The first-order valence-electron chi connectivity index (χ1n) is 12.7. The van der Waals surface area contributed by atoms with E-state index in [1.54, 1.807) is 10.9 Å². The minimum Gasteiger partial charge on any atom is -0.395 e. The Labute approximate surface area is 210 Å². The van der Waals surface area contributed by atoms with E-state index in [0.717, 1.165) is 29.1 Å². The van der Waals surface area contributed by atoms with Crippen molar-refractivity contribution in [2.75, 3.05) is 32.8 Å². The van der Waals surface area contributed by atoms with Gasteiger partial charge in [0.2, 0.25) is 5.91 Å². The molecule has 4 heterocycles. The molecule has 1 aromatic carbocycles. The molecule has 9 nitrogen and oxygen atoms in total. The maximum atomic E-state index is 11.9. The molecule has 0 spiro atoms. The van der Waals surface area contributed by atoms with Gasteiger partial charge in [0, 0.05) is 24.7 Å². The third kappa shape index (κ3) is 5.98. The smallest absolute Gasteiger partial charge is 0.241 e. The fraction of sp³-hybridized carbons (Fsp3) is 0.407. The van der Waals surface area contributed by atoms with Crippen LogP contribution in [-0.2, 0) is 24.2 Å². The van der Waals surface area contributed by atoms with Crippen LogP contribution in [0.15, 0.2) is 54.9 Å². The minimum atomic E-state index is -0.197. The number of nitrogens with zero attached hydrogens (tertiary/aromatic N) is 6. The molecule has 0 aliphatic carbocycles. The lowest BCUT2D eigenvalue weighted by Crippen LogP contribution is -2.30. The number of rotatable bonds is 11. The lowest BCUT2D eigenvalue weighted by molar-refractivity contribution is -0.122. The summed E-state index contributed by atoms with van der Waals surface area (Å²) in [7, 11) is 0. The summed E-state index contributed by atoms with van der Waals surface area (Å²) in [6, 6.07) is 14.7. The lowest BCUT2D eigenvalue weighted by atomic mass is 10.1. The first kappa shape index (κ1) is 24.1. The summed E-state index contributed by atoms with van der Waals surface area (Å²) in [6.07, 6.45) is 9.22. The number of nitrogens with one attached hydrogen (secondary N) is 1. The molecule has 0 bridgehead atoms. The van der Waals surface area contributed by atoms with Crippen molar-refractivity contribution in [1.82, 2.24) is 34.6 Å². The molecule has 0 atom stereocenters. The largest absolute Gasteiger partial charge is 0.395 e. The molecular formula is C27H33N7O2. The Balaban J connectivity index is 1.23. The molecule has 1 saturated heterocycles. The maximum Gasteiger partial charge on any atom is 0.241 e. The molecule has 36 heavy (non-hydrogen) atoms. The van der Waals surface area contributed by atoms with Crippen LogP contribution in [0.5, 0.6) is 0 Å². The number of likely N-dealkylation sites (tertiary alicyclic amines) is 1. The molecule has 1 fully saturated rings. The summed E-state index contributed by atoms with van der Waals surface area (Å²) < 4.78 is 3.40. The van der Waals surface area contributed by atoms with Crippen molar-refractivity contribution in [2.45, 2.75) is 38.6 Å². The zero-order valence-corrected chi connectivity index (χ0v) is 20.5. The number of amides is 1. The van der Waals surface area contributed by atoms with E-state index in [1.807, 2.05) is 28.9 Å². The average molecular weight is 488 g/mol. The molecule has 0 unspecified atom stereocenters. The first-order valence-corrected chi connectivity index (χ1v) is 12.7. The molecule has 188 valence electrons. The Bertz CT molecular complexity index is 1290. The number of carbonyl (C=O) groups excluding carboxylic acids is 1. The molecule has 2 N–H and O–H groups in total. The highest BCUT2D eigenvalue weighted by molar-refractivity contribution is 5.75. The normalized spacial score (nSPS) is 14.0. The highest BCUT2D eigenvalue weighted by Gasteiger charge is 2.13. The van der Waals surface area contributed by atoms with Crippen molar-refractivity contribution in [3.05, 3.63) is 71.8 Å². The van der Waals surface area contributed by atoms with Gasteiger partial charge in [-0.3, -0.25) is 9.48 Å². The number of hydrogen-bond acceptors (Lipinski definition) is 6. The second kappa shape index (κ2) is 11.5. The Hall–Kier alpha value is -3.56. The molecule has 3 aromatic heterocycles. The Morgan fingerprint density at radius 3 is 2.67 bits per heavy atom. The number of benzene rings is 1. The van der Waals surface area contributed by atoms with E-state index in [1.165, 1.54) is 50.0 Å². The Morgan fingerprint density at radius 2 is 1.86 bits per heavy atom. The van der Waals surface area contributed by atoms with Gasteiger partial charge in [-0.15, -0.1) is 0 Å². The standard InChI is InChI=1S/C27H33N7O2/c35-16-12-28-27(36)20-33-19-23(18-29-33)24-6-3-7-26-30-25(31-34(24)26)17-22-10-8-21(9-11-22)5-4-15-32-13-1-2-14-32/h3,6-11,18-19,35H,1-2,4-5,12-17,20H2,(H,28,36). The van der Waals surface area contributed by atoms with Crippen LogP contribution in [-0.4, -0.2) is 73.1 Å². The van der Waals surface area contributed by atoms with Crippen LogP contribution in [0.2, 0.25) is 0 Å². The molecule has 1 amide bonds. The quantitative estimate of drug-likeness (QED) is 0.337. The van der Waals surface area contributed by atoms with Crippen molar-refractivity contribution in [3.8, 4) is 11.3 Å². The number of aliphatic hydroxyl groups excluding tert-OH is 1. The number of pyridine rings is 1. The van der Waals surface area contributed by atoms with Gasteiger partial charge in [0.05, 0.1) is 18.5 Å². The van der Waals surface area contributed by atoms with E-state index in [2.05, 4.69) is 39.6 Å². The predicted molar refractivity (Wildman–Crippen MR) is 138 cm³/mol. The number of hydrogen-bond donors (Lipinski definition) is 2. The number of aliphatic hydroxyl groups is 1. The second-order valence-corrected chi connectivity index (χ2v) is 9.35. The molecule has 1 aliphatic rings. The fourth-order valence-corrected chi connectivity index (χ4v) is 4.74. The molecule has 0 saturated carbocycles. The van der Waals surface area contributed by atoms with Crippen LogP contribution >= 0.6 is 0 Å². The summed E-state index contributed by atoms with van der Waals surface area (Å²) in [5.41, 5.74) is 5.06. The summed E-state index contributed by atoms with van der Waals surface area (Å²) in [4.78, 5) is 19.2. The zero-order valence-electron chi connectivity index (χ0n) is 20.5. The van der Waals surface area contributed by atoms with Gasteiger partial charge in [-0.2, -0.15) is 10.2 Å². The summed E-state index contributed by atoms with van der Waals surface area (Å²) in [5.74, 6) is 0.567. The Kier molecular flexibility index (Phi) is 7.68. The number of carbonyl (C=O) groups is 1. The van der Waals surface area contributed by atoms with Crippen molar-refractivity contribution in [3.63, 3.8) is 0 Å². The van der Waals surface area contributed by atoms with Crippen LogP contribution in [0, 0.1) is 0 Å². The lowest BCUT2D eigenvalue weighted by Gasteiger charge is -2.13. The summed E-state index contributed by atoms with van der Waals surface area (Å²) in [6.45, 7) is 3.96. The highest BCUT2D eigenvalue weighted by atomic mass is 16.3. The van der Waals surface area contributed by atoms with Gasteiger partial charge in [-0.1, -0.05) is 30.3 Å². The monoisotopic (exact) mass is 487 g/mol. The Morgan fingerprint density at radius 1 is 1.06 bits per heavy atom.